The number of carbonyl (C=O) groups excluding carboxylic acids is 2. The van der Waals surface area contributed by atoms with E-state index in [-0.39, 0.29) is 5.91 Å². The van der Waals surface area contributed by atoms with Gasteiger partial charge in [-0.1, -0.05) is 43.7 Å². The summed E-state index contributed by atoms with van der Waals surface area (Å²) in [6, 6.07) is 13.2. The standard InChI is InChI=1S/C24H29N3O2/c1-18(23(25)28)21-11-7-15-26-22(21)12-6-5-8-19-13-16-27(17-14-19)24(29)20-9-3-2-4-10-20/h2-4,7,9-11,15,19H,1,5-6,8,12-14,16-17H2,(H2,25,28). The Bertz CT molecular complexity index is 855. The van der Waals surface area contributed by atoms with Gasteiger partial charge < -0.3 is 10.6 Å². The maximum Gasteiger partial charge on any atom is 0.253 e. The van der Waals surface area contributed by atoms with Gasteiger partial charge in [0.25, 0.3) is 5.91 Å². The van der Waals surface area contributed by atoms with Gasteiger partial charge in [-0.2, -0.15) is 0 Å². The van der Waals surface area contributed by atoms with Crippen molar-refractivity contribution >= 4 is 17.4 Å². The molecule has 1 aliphatic rings. The molecule has 0 radical (unpaired) electrons. The number of pyridine rings is 1. The monoisotopic (exact) mass is 391 g/mol. The number of carbonyl (C=O) groups is 2. The van der Waals surface area contributed by atoms with E-state index in [1.54, 1.807) is 12.3 Å². The minimum absolute atomic E-state index is 0.140. The first-order valence-electron chi connectivity index (χ1n) is 10.3. The van der Waals surface area contributed by atoms with E-state index in [1.165, 1.54) is 0 Å². The van der Waals surface area contributed by atoms with Crippen LogP contribution in [0.5, 0.6) is 0 Å². The van der Waals surface area contributed by atoms with E-state index in [2.05, 4.69) is 11.6 Å². The molecular formula is C24H29N3O2. The molecule has 1 aromatic carbocycles. The number of hydrogen-bond acceptors (Lipinski definition) is 3. The summed E-state index contributed by atoms with van der Waals surface area (Å²) in [7, 11) is 0. The molecule has 2 aromatic rings. The second-order valence-corrected chi connectivity index (χ2v) is 7.69. The van der Waals surface area contributed by atoms with Gasteiger partial charge in [-0.15, -0.1) is 0 Å². The number of piperidine rings is 1. The molecule has 1 aromatic heterocycles. The molecule has 0 aliphatic carbocycles. The van der Waals surface area contributed by atoms with Crippen molar-refractivity contribution in [2.24, 2.45) is 11.7 Å². The van der Waals surface area contributed by atoms with Gasteiger partial charge in [-0.05, 0) is 49.8 Å². The van der Waals surface area contributed by atoms with Gasteiger partial charge in [0.05, 0.1) is 0 Å². The first kappa shape index (κ1) is 20.8. The molecule has 29 heavy (non-hydrogen) atoms. The summed E-state index contributed by atoms with van der Waals surface area (Å²) in [5, 5.41) is 0. The van der Waals surface area contributed by atoms with Crippen molar-refractivity contribution in [2.45, 2.75) is 38.5 Å². The fourth-order valence-corrected chi connectivity index (χ4v) is 3.96. The third-order valence-electron chi connectivity index (χ3n) is 5.71. The van der Waals surface area contributed by atoms with Crippen LogP contribution < -0.4 is 5.73 Å². The molecule has 2 amide bonds. The molecule has 0 unspecified atom stereocenters. The van der Waals surface area contributed by atoms with Crippen LogP contribution in [0, 0.1) is 5.92 Å². The molecule has 0 spiro atoms. The molecule has 1 fully saturated rings. The second kappa shape index (κ2) is 10.0. The Morgan fingerprint density at radius 2 is 1.79 bits per heavy atom. The largest absolute Gasteiger partial charge is 0.366 e. The number of primary amides is 1. The SMILES string of the molecule is C=C(C(N)=O)c1cccnc1CCCCC1CCN(C(=O)c2ccccc2)CC1. The van der Waals surface area contributed by atoms with Crippen LogP contribution in [0.3, 0.4) is 0 Å². The molecule has 5 heteroatoms. The van der Waals surface area contributed by atoms with Crippen LogP contribution >= 0.6 is 0 Å². The van der Waals surface area contributed by atoms with E-state index < -0.39 is 5.91 Å². The Hall–Kier alpha value is -2.95. The quantitative estimate of drug-likeness (QED) is 0.549. The summed E-state index contributed by atoms with van der Waals surface area (Å²) in [6.07, 6.45) is 7.96. The zero-order valence-electron chi connectivity index (χ0n) is 16.8. The van der Waals surface area contributed by atoms with Gasteiger partial charge in [0.15, 0.2) is 0 Å². The summed E-state index contributed by atoms with van der Waals surface area (Å²) in [6.45, 7) is 5.45. The van der Waals surface area contributed by atoms with Crippen LogP contribution in [0.1, 0.15) is 53.7 Å². The Morgan fingerprint density at radius 3 is 2.48 bits per heavy atom. The van der Waals surface area contributed by atoms with Crippen molar-refractivity contribution in [3.63, 3.8) is 0 Å². The van der Waals surface area contributed by atoms with Crippen LogP contribution in [-0.2, 0) is 11.2 Å². The van der Waals surface area contributed by atoms with E-state index in [9.17, 15) is 9.59 Å². The van der Waals surface area contributed by atoms with E-state index in [4.69, 9.17) is 5.73 Å². The Balaban J connectivity index is 1.41. The molecule has 0 bridgehead atoms. The summed E-state index contributed by atoms with van der Waals surface area (Å²) in [4.78, 5) is 30.3. The van der Waals surface area contributed by atoms with E-state index in [0.717, 1.165) is 68.4 Å². The van der Waals surface area contributed by atoms with Crippen LogP contribution in [0.4, 0.5) is 0 Å². The lowest BCUT2D eigenvalue weighted by Crippen LogP contribution is -2.38. The number of hydrogen-bond donors (Lipinski definition) is 1. The lowest BCUT2D eigenvalue weighted by molar-refractivity contribution is -0.112. The number of unbranched alkanes of at least 4 members (excludes halogenated alkanes) is 1. The predicted molar refractivity (Wildman–Crippen MR) is 115 cm³/mol. The van der Waals surface area contributed by atoms with Gasteiger partial charge in [0.2, 0.25) is 5.91 Å². The molecule has 2 N–H and O–H groups in total. The maximum absolute atomic E-state index is 12.5. The fraction of sp³-hybridized carbons (Fsp3) is 0.375. The molecule has 2 heterocycles. The third-order valence-corrected chi connectivity index (χ3v) is 5.71. The molecule has 3 rings (SSSR count). The molecule has 1 saturated heterocycles. The van der Waals surface area contributed by atoms with Crippen molar-refractivity contribution in [2.75, 3.05) is 13.1 Å². The van der Waals surface area contributed by atoms with Crippen molar-refractivity contribution in [3.8, 4) is 0 Å². The van der Waals surface area contributed by atoms with Gasteiger partial charge in [-0.25, -0.2) is 0 Å². The molecule has 0 saturated carbocycles. The van der Waals surface area contributed by atoms with Crippen molar-refractivity contribution in [1.29, 1.82) is 0 Å². The lowest BCUT2D eigenvalue weighted by atomic mass is 9.90. The predicted octanol–water partition coefficient (Wildman–Crippen LogP) is 3.85. The minimum atomic E-state index is -0.504. The number of aromatic nitrogens is 1. The Kier molecular flexibility index (Phi) is 7.17. The van der Waals surface area contributed by atoms with E-state index in [1.807, 2.05) is 41.3 Å². The van der Waals surface area contributed by atoms with E-state index in [0.29, 0.717) is 11.5 Å². The van der Waals surface area contributed by atoms with Crippen molar-refractivity contribution in [3.05, 3.63) is 72.1 Å². The highest BCUT2D eigenvalue weighted by atomic mass is 16.2. The summed E-state index contributed by atoms with van der Waals surface area (Å²) in [5.41, 5.74) is 8.11. The first-order chi connectivity index (χ1) is 14.1. The van der Waals surface area contributed by atoms with Gasteiger partial charge >= 0.3 is 0 Å². The highest BCUT2D eigenvalue weighted by molar-refractivity contribution is 6.18. The third kappa shape index (κ3) is 5.53. The average molecular weight is 392 g/mol. The summed E-state index contributed by atoms with van der Waals surface area (Å²) < 4.78 is 0. The lowest BCUT2D eigenvalue weighted by Gasteiger charge is -2.32. The molecule has 5 nitrogen and oxygen atoms in total. The number of aryl methyl sites for hydroxylation is 1. The highest BCUT2D eigenvalue weighted by Gasteiger charge is 2.23. The first-order valence-corrected chi connectivity index (χ1v) is 10.3. The molecule has 0 atom stereocenters. The topological polar surface area (TPSA) is 76.3 Å². The van der Waals surface area contributed by atoms with Crippen LogP contribution in [0.25, 0.3) is 5.57 Å². The van der Waals surface area contributed by atoms with Crippen molar-refractivity contribution in [1.82, 2.24) is 9.88 Å². The number of rotatable bonds is 8. The number of likely N-dealkylation sites (tertiary alicyclic amines) is 1. The smallest absolute Gasteiger partial charge is 0.253 e. The van der Waals surface area contributed by atoms with Crippen LogP contribution in [0.2, 0.25) is 0 Å². The van der Waals surface area contributed by atoms with Crippen LogP contribution in [0.15, 0.2) is 55.2 Å². The molecule has 1 aliphatic heterocycles. The van der Waals surface area contributed by atoms with Gasteiger partial charge in [0, 0.05) is 41.7 Å². The zero-order chi connectivity index (χ0) is 20.6. The highest BCUT2D eigenvalue weighted by Crippen LogP contribution is 2.25. The summed E-state index contributed by atoms with van der Waals surface area (Å²) in [5.74, 6) is 0.302. The molecular weight excluding hydrogens is 362 g/mol. The van der Waals surface area contributed by atoms with E-state index >= 15 is 0 Å². The Morgan fingerprint density at radius 1 is 1.07 bits per heavy atom. The number of nitrogens with two attached hydrogens (primary N) is 1. The average Bonchev–Trinajstić information content (AvgIpc) is 2.77. The number of benzene rings is 1. The zero-order valence-corrected chi connectivity index (χ0v) is 16.8. The normalized spacial score (nSPS) is 14.6. The Labute approximate surface area is 172 Å². The second-order valence-electron chi connectivity index (χ2n) is 7.69. The van der Waals surface area contributed by atoms with Gasteiger partial charge in [-0.3, -0.25) is 14.6 Å². The van der Waals surface area contributed by atoms with Crippen LogP contribution in [-0.4, -0.2) is 34.8 Å². The fourth-order valence-electron chi connectivity index (χ4n) is 3.96. The summed E-state index contributed by atoms with van der Waals surface area (Å²) >= 11 is 0. The van der Waals surface area contributed by atoms with Crippen molar-refractivity contribution < 1.29 is 9.59 Å². The number of nitrogens with zero attached hydrogens (tertiary/aromatic N) is 2. The number of amides is 2. The molecule has 152 valence electrons. The van der Waals surface area contributed by atoms with Gasteiger partial charge in [0.1, 0.15) is 0 Å². The minimum Gasteiger partial charge on any atom is -0.366 e. The maximum atomic E-state index is 12.5.